The van der Waals surface area contributed by atoms with Crippen LogP contribution in [0.3, 0.4) is 0 Å². The molecule has 0 radical (unpaired) electrons. The SMILES string of the molecule is CC(NC(CCO)C(C)(C)C)c1ccccc1C(F)(F)F. The Labute approximate surface area is 124 Å². The Hall–Kier alpha value is -1.07. The molecule has 0 aromatic heterocycles. The van der Waals surface area contributed by atoms with Crippen LogP contribution in [0.25, 0.3) is 0 Å². The van der Waals surface area contributed by atoms with Crippen molar-refractivity contribution in [3.63, 3.8) is 0 Å². The van der Waals surface area contributed by atoms with Gasteiger partial charge in [0.05, 0.1) is 5.56 Å². The molecule has 0 saturated carbocycles. The average molecular weight is 303 g/mol. The second-order valence-electron chi connectivity index (χ2n) is 6.40. The molecular formula is C16H24F3NO. The molecule has 0 aliphatic carbocycles. The van der Waals surface area contributed by atoms with Crippen LogP contribution in [0.2, 0.25) is 0 Å². The smallest absolute Gasteiger partial charge is 0.396 e. The third kappa shape index (κ3) is 5.00. The number of halogens is 3. The predicted molar refractivity (Wildman–Crippen MR) is 77.9 cm³/mol. The van der Waals surface area contributed by atoms with Crippen molar-refractivity contribution >= 4 is 0 Å². The van der Waals surface area contributed by atoms with Gasteiger partial charge < -0.3 is 10.4 Å². The lowest BCUT2D eigenvalue weighted by Crippen LogP contribution is -2.42. The molecule has 5 heteroatoms. The quantitative estimate of drug-likeness (QED) is 0.856. The van der Waals surface area contributed by atoms with Gasteiger partial charge in [0.15, 0.2) is 0 Å². The highest BCUT2D eigenvalue weighted by Crippen LogP contribution is 2.35. The first-order valence-corrected chi connectivity index (χ1v) is 7.10. The number of aliphatic hydroxyl groups is 1. The van der Waals surface area contributed by atoms with Gasteiger partial charge in [0.25, 0.3) is 0 Å². The molecule has 2 unspecified atom stereocenters. The highest BCUT2D eigenvalue weighted by molar-refractivity contribution is 5.32. The number of hydrogen-bond donors (Lipinski definition) is 2. The molecule has 2 nitrogen and oxygen atoms in total. The summed E-state index contributed by atoms with van der Waals surface area (Å²) < 4.78 is 39.2. The van der Waals surface area contributed by atoms with Crippen LogP contribution in [0.5, 0.6) is 0 Å². The Morgan fingerprint density at radius 1 is 1.14 bits per heavy atom. The number of rotatable bonds is 5. The van der Waals surface area contributed by atoms with E-state index in [1.165, 1.54) is 12.1 Å². The molecule has 0 spiro atoms. The fraction of sp³-hybridized carbons (Fsp3) is 0.625. The normalized spacial score (nSPS) is 15.8. The molecule has 2 atom stereocenters. The summed E-state index contributed by atoms with van der Waals surface area (Å²) >= 11 is 0. The Bertz CT molecular complexity index is 452. The Kier molecular flexibility index (Phi) is 5.82. The van der Waals surface area contributed by atoms with Crippen LogP contribution in [-0.4, -0.2) is 17.8 Å². The van der Waals surface area contributed by atoms with Crippen LogP contribution in [0.4, 0.5) is 13.2 Å². The first kappa shape index (κ1) is 18.0. The molecule has 0 fully saturated rings. The number of benzene rings is 1. The molecule has 0 amide bonds. The lowest BCUT2D eigenvalue weighted by molar-refractivity contribution is -0.138. The second-order valence-corrected chi connectivity index (χ2v) is 6.40. The molecule has 120 valence electrons. The molecule has 0 saturated heterocycles. The molecule has 2 N–H and O–H groups in total. The van der Waals surface area contributed by atoms with Gasteiger partial charge in [-0.1, -0.05) is 39.0 Å². The third-order valence-corrected chi connectivity index (χ3v) is 3.65. The summed E-state index contributed by atoms with van der Waals surface area (Å²) in [5.74, 6) is 0. The van der Waals surface area contributed by atoms with Gasteiger partial charge in [0.2, 0.25) is 0 Å². The van der Waals surface area contributed by atoms with E-state index in [9.17, 15) is 13.2 Å². The number of hydrogen-bond acceptors (Lipinski definition) is 2. The molecule has 1 aromatic rings. The number of nitrogens with one attached hydrogen (secondary N) is 1. The minimum atomic E-state index is -4.36. The lowest BCUT2D eigenvalue weighted by atomic mass is 9.84. The topological polar surface area (TPSA) is 32.3 Å². The van der Waals surface area contributed by atoms with E-state index in [1.807, 2.05) is 20.8 Å². The standard InChI is InChI=1S/C16H24F3NO/c1-11(20-14(9-10-21)15(2,3)4)12-7-5-6-8-13(12)16(17,18)19/h5-8,11,14,20-21H,9-10H2,1-4H3. The molecule has 1 aromatic carbocycles. The van der Waals surface area contributed by atoms with Gasteiger partial charge in [-0.05, 0) is 30.4 Å². The van der Waals surface area contributed by atoms with E-state index in [4.69, 9.17) is 5.11 Å². The Morgan fingerprint density at radius 3 is 2.19 bits per heavy atom. The summed E-state index contributed by atoms with van der Waals surface area (Å²) in [5.41, 5.74) is -0.525. The van der Waals surface area contributed by atoms with Crippen LogP contribution in [0.15, 0.2) is 24.3 Å². The first-order chi connectivity index (χ1) is 9.57. The van der Waals surface area contributed by atoms with Crippen molar-refractivity contribution in [1.29, 1.82) is 0 Å². The van der Waals surface area contributed by atoms with Crippen LogP contribution in [-0.2, 0) is 6.18 Å². The van der Waals surface area contributed by atoms with E-state index < -0.39 is 17.8 Å². The molecule has 0 aliphatic rings. The monoisotopic (exact) mass is 303 g/mol. The maximum absolute atomic E-state index is 13.1. The van der Waals surface area contributed by atoms with Crippen molar-refractivity contribution in [2.45, 2.75) is 52.4 Å². The van der Waals surface area contributed by atoms with Gasteiger partial charge in [-0.3, -0.25) is 0 Å². The fourth-order valence-electron chi connectivity index (χ4n) is 2.42. The van der Waals surface area contributed by atoms with Gasteiger partial charge in [-0.2, -0.15) is 13.2 Å². The summed E-state index contributed by atoms with van der Waals surface area (Å²) in [6.07, 6.45) is -3.86. The van der Waals surface area contributed by atoms with Crippen molar-refractivity contribution < 1.29 is 18.3 Å². The molecule has 21 heavy (non-hydrogen) atoms. The molecular weight excluding hydrogens is 279 g/mol. The molecule has 0 heterocycles. The predicted octanol–water partition coefficient (Wildman–Crippen LogP) is 4.15. The lowest BCUT2D eigenvalue weighted by Gasteiger charge is -2.34. The fourth-order valence-corrected chi connectivity index (χ4v) is 2.42. The maximum Gasteiger partial charge on any atom is 0.416 e. The van der Waals surface area contributed by atoms with Gasteiger partial charge in [-0.25, -0.2) is 0 Å². The molecule has 1 rings (SSSR count). The Morgan fingerprint density at radius 2 is 1.71 bits per heavy atom. The maximum atomic E-state index is 13.1. The average Bonchev–Trinajstić information content (AvgIpc) is 2.36. The number of alkyl halides is 3. The van der Waals surface area contributed by atoms with Gasteiger partial charge in [0, 0.05) is 18.7 Å². The van der Waals surface area contributed by atoms with E-state index in [0.717, 1.165) is 6.07 Å². The molecule has 0 aliphatic heterocycles. The van der Waals surface area contributed by atoms with E-state index >= 15 is 0 Å². The Balaban J connectivity index is 3.01. The highest BCUT2D eigenvalue weighted by Gasteiger charge is 2.35. The van der Waals surface area contributed by atoms with Crippen molar-refractivity contribution in [1.82, 2.24) is 5.32 Å². The molecule has 0 bridgehead atoms. The minimum absolute atomic E-state index is 0.00255. The van der Waals surface area contributed by atoms with Crippen molar-refractivity contribution in [3.05, 3.63) is 35.4 Å². The van der Waals surface area contributed by atoms with Crippen LogP contribution in [0.1, 0.15) is 51.3 Å². The van der Waals surface area contributed by atoms with E-state index in [2.05, 4.69) is 5.32 Å². The second kappa shape index (κ2) is 6.79. The van der Waals surface area contributed by atoms with Gasteiger partial charge in [-0.15, -0.1) is 0 Å². The zero-order valence-corrected chi connectivity index (χ0v) is 13.0. The summed E-state index contributed by atoms with van der Waals surface area (Å²) in [6, 6.07) is 5.09. The van der Waals surface area contributed by atoms with Crippen molar-refractivity contribution in [3.8, 4) is 0 Å². The largest absolute Gasteiger partial charge is 0.416 e. The van der Waals surface area contributed by atoms with Gasteiger partial charge in [0.1, 0.15) is 0 Å². The van der Waals surface area contributed by atoms with E-state index in [-0.39, 0.29) is 23.6 Å². The van der Waals surface area contributed by atoms with Crippen LogP contribution < -0.4 is 5.32 Å². The minimum Gasteiger partial charge on any atom is -0.396 e. The van der Waals surface area contributed by atoms with E-state index in [1.54, 1.807) is 13.0 Å². The summed E-state index contributed by atoms with van der Waals surface area (Å²) in [6.45, 7) is 7.73. The van der Waals surface area contributed by atoms with E-state index in [0.29, 0.717) is 6.42 Å². The summed E-state index contributed by atoms with van der Waals surface area (Å²) in [7, 11) is 0. The first-order valence-electron chi connectivity index (χ1n) is 7.10. The number of aliphatic hydroxyl groups excluding tert-OH is 1. The zero-order valence-electron chi connectivity index (χ0n) is 13.0. The van der Waals surface area contributed by atoms with Crippen LogP contribution >= 0.6 is 0 Å². The van der Waals surface area contributed by atoms with Gasteiger partial charge >= 0.3 is 6.18 Å². The van der Waals surface area contributed by atoms with Crippen molar-refractivity contribution in [2.75, 3.05) is 6.61 Å². The highest BCUT2D eigenvalue weighted by atomic mass is 19.4. The van der Waals surface area contributed by atoms with Crippen molar-refractivity contribution in [2.24, 2.45) is 5.41 Å². The third-order valence-electron chi connectivity index (χ3n) is 3.65. The zero-order chi connectivity index (χ0) is 16.3. The van der Waals surface area contributed by atoms with Crippen LogP contribution in [0, 0.1) is 5.41 Å². The summed E-state index contributed by atoms with van der Waals surface area (Å²) in [4.78, 5) is 0. The summed E-state index contributed by atoms with van der Waals surface area (Å²) in [5, 5.41) is 12.4.